The third-order valence-corrected chi connectivity index (χ3v) is 6.32. The van der Waals surface area contributed by atoms with Gasteiger partial charge in [-0.25, -0.2) is 4.58 Å². The summed E-state index contributed by atoms with van der Waals surface area (Å²) in [5.41, 5.74) is 3.98. The second kappa shape index (κ2) is 3.92. The van der Waals surface area contributed by atoms with Gasteiger partial charge in [-0.05, 0) is 18.1 Å². The van der Waals surface area contributed by atoms with E-state index in [4.69, 9.17) is 9.47 Å². The van der Waals surface area contributed by atoms with Gasteiger partial charge in [0.25, 0.3) is 0 Å². The van der Waals surface area contributed by atoms with Crippen LogP contribution in [0.4, 0.5) is 0 Å². The zero-order valence-electron chi connectivity index (χ0n) is 13.0. The van der Waals surface area contributed by atoms with Crippen LogP contribution in [0, 0.1) is 5.92 Å². The minimum atomic E-state index is -0.305. The van der Waals surface area contributed by atoms with E-state index in [1.165, 1.54) is 16.8 Å². The Morgan fingerprint density at radius 1 is 1.41 bits per heavy atom. The first-order valence-electron chi connectivity index (χ1n) is 8.13. The van der Waals surface area contributed by atoms with Crippen LogP contribution in [-0.4, -0.2) is 42.9 Å². The van der Waals surface area contributed by atoms with Gasteiger partial charge in [0.1, 0.15) is 13.6 Å². The minimum absolute atomic E-state index is 0.130. The van der Waals surface area contributed by atoms with E-state index in [1.807, 2.05) is 6.07 Å². The Morgan fingerprint density at radius 2 is 2.27 bits per heavy atom. The van der Waals surface area contributed by atoms with Crippen LogP contribution in [0.3, 0.4) is 0 Å². The van der Waals surface area contributed by atoms with Crippen molar-refractivity contribution in [3.05, 3.63) is 23.3 Å². The summed E-state index contributed by atoms with van der Waals surface area (Å²) in [5, 5.41) is 0. The molecule has 2 heterocycles. The van der Waals surface area contributed by atoms with Crippen LogP contribution >= 0.6 is 0 Å². The van der Waals surface area contributed by atoms with Crippen LogP contribution in [-0.2, 0) is 16.6 Å². The Morgan fingerprint density at radius 3 is 3.09 bits per heavy atom. The summed E-state index contributed by atoms with van der Waals surface area (Å²) in [6, 6.07) is 4.16. The van der Waals surface area contributed by atoms with Crippen molar-refractivity contribution in [2.45, 2.75) is 37.2 Å². The summed E-state index contributed by atoms with van der Waals surface area (Å²) >= 11 is 0. The number of Topliss-reactive ketones (excluding diaryl/α,β-unsaturated/α-hetero) is 1. The van der Waals surface area contributed by atoms with E-state index in [0.29, 0.717) is 12.3 Å². The van der Waals surface area contributed by atoms with Crippen LogP contribution in [0.15, 0.2) is 12.1 Å². The number of nitrogens with zero attached hydrogens (tertiary/aromatic N) is 1. The van der Waals surface area contributed by atoms with E-state index >= 15 is 0 Å². The number of carbonyl (C=O) groups is 1. The molecule has 1 spiro atoms. The summed E-state index contributed by atoms with van der Waals surface area (Å²) in [6.07, 6.45) is 3.29. The van der Waals surface area contributed by atoms with E-state index in [0.717, 1.165) is 37.3 Å². The molecule has 5 rings (SSSR count). The fourth-order valence-electron chi connectivity index (χ4n) is 5.39. The van der Waals surface area contributed by atoms with E-state index in [2.05, 4.69) is 17.7 Å². The van der Waals surface area contributed by atoms with Crippen LogP contribution in [0.2, 0.25) is 0 Å². The van der Waals surface area contributed by atoms with Crippen LogP contribution in [0.5, 0.6) is 11.5 Å². The van der Waals surface area contributed by atoms with Crippen molar-refractivity contribution in [1.82, 2.24) is 0 Å². The lowest BCUT2D eigenvalue weighted by Gasteiger charge is -2.48. The SMILES string of the molecule is COc1ccc2c3c1OC1C(=O)CCC4C(=[N+](C)CCC341)C2. The summed E-state index contributed by atoms with van der Waals surface area (Å²) in [6.45, 7) is 1.01. The molecule has 2 aliphatic heterocycles. The molecule has 4 aliphatic rings. The first-order valence-corrected chi connectivity index (χ1v) is 8.13. The molecule has 1 fully saturated rings. The van der Waals surface area contributed by atoms with Crippen molar-refractivity contribution < 1.29 is 18.8 Å². The molecule has 2 aliphatic carbocycles. The van der Waals surface area contributed by atoms with E-state index in [9.17, 15) is 4.79 Å². The molecule has 0 N–H and O–H groups in total. The highest BCUT2D eigenvalue weighted by atomic mass is 16.5. The van der Waals surface area contributed by atoms with Crippen molar-refractivity contribution in [2.24, 2.45) is 5.92 Å². The number of carbonyl (C=O) groups excluding carboxylic acids is 1. The zero-order valence-corrected chi connectivity index (χ0v) is 13.0. The first kappa shape index (κ1) is 12.7. The number of hydrogen-bond acceptors (Lipinski definition) is 3. The Labute approximate surface area is 129 Å². The number of ketones is 1. The van der Waals surface area contributed by atoms with Crippen molar-refractivity contribution in [3.63, 3.8) is 0 Å². The molecule has 4 nitrogen and oxygen atoms in total. The molecule has 1 aromatic carbocycles. The van der Waals surface area contributed by atoms with Crippen molar-refractivity contribution in [2.75, 3.05) is 20.7 Å². The summed E-state index contributed by atoms with van der Waals surface area (Å²) in [5.74, 6) is 2.34. The van der Waals surface area contributed by atoms with Gasteiger partial charge >= 0.3 is 0 Å². The van der Waals surface area contributed by atoms with Gasteiger partial charge in [0, 0.05) is 18.4 Å². The van der Waals surface area contributed by atoms with Gasteiger partial charge in [0.15, 0.2) is 29.1 Å². The topological polar surface area (TPSA) is 38.5 Å². The predicted molar refractivity (Wildman–Crippen MR) is 81.2 cm³/mol. The first-order chi connectivity index (χ1) is 10.7. The molecule has 0 aromatic heterocycles. The van der Waals surface area contributed by atoms with Gasteiger partial charge in [-0.2, -0.15) is 0 Å². The van der Waals surface area contributed by atoms with E-state index in [-0.39, 0.29) is 17.3 Å². The molecule has 0 amide bonds. The van der Waals surface area contributed by atoms with Gasteiger partial charge < -0.3 is 9.47 Å². The van der Waals surface area contributed by atoms with Crippen LogP contribution < -0.4 is 9.47 Å². The van der Waals surface area contributed by atoms with Gasteiger partial charge in [-0.15, -0.1) is 0 Å². The summed E-state index contributed by atoms with van der Waals surface area (Å²) in [4.78, 5) is 12.6. The summed E-state index contributed by atoms with van der Waals surface area (Å²) < 4.78 is 14.2. The zero-order chi connectivity index (χ0) is 15.1. The number of hydrogen-bond donors (Lipinski definition) is 0. The Hall–Kier alpha value is -1.84. The molecular weight excluding hydrogens is 278 g/mol. The average molecular weight is 298 g/mol. The monoisotopic (exact) mass is 298 g/mol. The second-order valence-electron chi connectivity index (χ2n) is 7.07. The predicted octanol–water partition coefficient (Wildman–Crippen LogP) is 1.72. The highest BCUT2D eigenvalue weighted by Crippen LogP contribution is 2.61. The molecule has 1 aromatic rings. The average Bonchev–Trinajstić information content (AvgIpc) is 2.88. The van der Waals surface area contributed by atoms with Crippen molar-refractivity contribution in [3.8, 4) is 11.5 Å². The molecular formula is C18H20NO3+. The van der Waals surface area contributed by atoms with E-state index in [1.54, 1.807) is 7.11 Å². The normalized spacial score (nSPS) is 34.4. The largest absolute Gasteiger partial charge is 0.493 e. The number of rotatable bonds is 1. The fraction of sp³-hybridized carbons (Fsp3) is 0.556. The second-order valence-corrected chi connectivity index (χ2v) is 7.07. The van der Waals surface area contributed by atoms with Gasteiger partial charge in [0.05, 0.1) is 24.9 Å². The van der Waals surface area contributed by atoms with E-state index < -0.39 is 0 Å². The summed E-state index contributed by atoms with van der Waals surface area (Å²) in [7, 11) is 3.87. The van der Waals surface area contributed by atoms with Crippen LogP contribution in [0.1, 0.15) is 30.4 Å². The molecule has 22 heavy (non-hydrogen) atoms. The van der Waals surface area contributed by atoms with Gasteiger partial charge in [0.2, 0.25) is 0 Å². The highest BCUT2D eigenvalue weighted by molar-refractivity contribution is 5.97. The Kier molecular flexibility index (Phi) is 2.26. The maximum Gasteiger partial charge on any atom is 0.174 e. The maximum absolute atomic E-state index is 12.6. The van der Waals surface area contributed by atoms with Gasteiger partial charge in [-0.1, -0.05) is 6.07 Å². The molecule has 114 valence electrons. The number of benzene rings is 1. The number of methoxy groups -OCH3 is 1. The third-order valence-electron chi connectivity index (χ3n) is 6.32. The maximum atomic E-state index is 12.6. The van der Waals surface area contributed by atoms with Crippen LogP contribution in [0.25, 0.3) is 0 Å². The lowest BCUT2D eigenvalue weighted by molar-refractivity contribution is -0.510. The minimum Gasteiger partial charge on any atom is -0.493 e. The molecule has 1 saturated carbocycles. The molecule has 0 saturated heterocycles. The molecule has 4 heteroatoms. The Balaban J connectivity index is 1.86. The molecule has 0 radical (unpaired) electrons. The quantitative estimate of drug-likeness (QED) is 0.741. The lowest BCUT2D eigenvalue weighted by Crippen LogP contribution is -2.61. The highest BCUT2D eigenvalue weighted by Gasteiger charge is 2.66. The smallest absolute Gasteiger partial charge is 0.174 e. The third kappa shape index (κ3) is 1.22. The standard InChI is InChI=1S/C18H20NO3/c1-19-8-7-18-11-4-5-13(20)17(18)22-16-14(21-2)6-3-10(15(16)18)9-12(11)19/h3,6,11,17H,4-5,7-9H2,1-2H3/q+1. The Bertz CT molecular complexity index is 751. The lowest BCUT2D eigenvalue weighted by atomic mass is 9.53. The molecule has 3 atom stereocenters. The number of ether oxygens (including phenoxy) is 2. The molecule has 3 unspecified atom stereocenters. The van der Waals surface area contributed by atoms with Crippen molar-refractivity contribution in [1.29, 1.82) is 0 Å². The fourth-order valence-corrected chi connectivity index (χ4v) is 5.39. The van der Waals surface area contributed by atoms with Crippen molar-refractivity contribution >= 4 is 11.5 Å². The molecule has 2 bridgehead atoms. The van der Waals surface area contributed by atoms with Gasteiger partial charge in [-0.3, -0.25) is 4.79 Å².